The van der Waals surface area contributed by atoms with Crippen molar-refractivity contribution in [2.45, 2.75) is 25.3 Å². The lowest BCUT2D eigenvalue weighted by atomic mass is 10.0. The number of nitrogens with zero attached hydrogens (tertiary/aromatic N) is 4. The Bertz CT molecular complexity index is 491. The summed E-state index contributed by atoms with van der Waals surface area (Å²) in [7, 11) is 0. The highest BCUT2D eigenvalue weighted by molar-refractivity contribution is 6.29. The fourth-order valence-corrected chi connectivity index (χ4v) is 2.30. The molecule has 0 saturated carbocycles. The van der Waals surface area contributed by atoms with Crippen molar-refractivity contribution in [2.24, 2.45) is 0 Å². The molecule has 1 unspecified atom stereocenters. The van der Waals surface area contributed by atoms with Gasteiger partial charge < -0.3 is 4.57 Å². The fraction of sp³-hybridized carbons (Fsp3) is 0.364. The third-order valence-corrected chi connectivity index (χ3v) is 3.17. The molecule has 0 aliphatic carbocycles. The maximum absolute atomic E-state index is 5.74. The number of rotatable bonds is 1. The molecule has 0 bridgehead atoms. The van der Waals surface area contributed by atoms with Crippen molar-refractivity contribution in [2.75, 3.05) is 0 Å². The molecule has 4 nitrogen and oxygen atoms in total. The van der Waals surface area contributed by atoms with Gasteiger partial charge in [0.15, 0.2) is 0 Å². The zero-order valence-electron chi connectivity index (χ0n) is 8.67. The Kier molecular flexibility index (Phi) is 2.36. The lowest BCUT2D eigenvalue weighted by molar-refractivity contribution is 0.448. The van der Waals surface area contributed by atoms with Gasteiger partial charge in [0, 0.05) is 11.9 Å². The number of aryl methyl sites for hydroxylation is 1. The average molecular weight is 235 g/mol. The van der Waals surface area contributed by atoms with Gasteiger partial charge in [0.2, 0.25) is 0 Å². The van der Waals surface area contributed by atoms with Crippen molar-refractivity contribution in [3.05, 3.63) is 41.5 Å². The Hall–Kier alpha value is -1.42. The summed E-state index contributed by atoms with van der Waals surface area (Å²) in [6.07, 6.45) is 10.5. The zero-order valence-corrected chi connectivity index (χ0v) is 9.43. The van der Waals surface area contributed by atoms with Crippen LogP contribution in [0.3, 0.4) is 0 Å². The topological polar surface area (TPSA) is 43.6 Å². The fourth-order valence-electron chi connectivity index (χ4n) is 2.21. The second-order valence-electron chi connectivity index (χ2n) is 3.96. The SMILES string of the molecule is Clc1cnc(C2CCCc3cncn32)cn1. The summed E-state index contributed by atoms with van der Waals surface area (Å²) < 4.78 is 2.18. The molecule has 0 amide bonds. The van der Waals surface area contributed by atoms with E-state index >= 15 is 0 Å². The number of aromatic nitrogens is 4. The Balaban J connectivity index is 2.00. The zero-order chi connectivity index (χ0) is 11.0. The third kappa shape index (κ3) is 1.59. The minimum atomic E-state index is 0.260. The minimum absolute atomic E-state index is 0.260. The van der Waals surface area contributed by atoms with Crippen LogP contribution in [0.15, 0.2) is 24.9 Å². The summed E-state index contributed by atoms with van der Waals surface area (Å²) in [4.78, 5) is 12.6. The molecule has 0 aromatic carbocycles. The van der Waals surface area contributed by atoms with Crippen LogP contribution in [0, 0.1) is 0 Å². The van der Waals surface area contributed by atoms with E-state index in [4.69, 9.17) is 11.6 Å². The van der Waals surface area contributed by atoms with Crippen molar-refractivity contribution in [3.8, 4) is 0 Å². The van der Waals surface area contributed by atoms with Crippen LogP contribution in [-0.4, -0.2) is 19.5 Å². The van der Waals surface area contributed by atoms with Crippen LogP contribution in [0.5, 0.6) is 0 Å². The second kappa shape index (κ2) is 3.87. The number of hydrogen-bond acceptors (Lipinski definition) is 3. The lowest BCUT2D eigenvalue weighted by Crippen LogP contribution is -2.18. The first-order valence-electron chi connectivity index (χ1n) is 5.33. The predicted octanol–water partition coefficient (Wildman–Crippen LogP) is 2.25. The molecule has 16 heavy (non-hydrogen) atoms. The van der Waals surface area contributed by atoms with E-state index in [0.29, 0.717) is 5.15 Å². The molecule has 2 aromatic rings. The Morgan fingerprint density at radius 3 is 3.00 bits per heavy atom. The van der Waals surface area contributed by atoms with Gasteiger partial charge in [-0.3, -0.25) is 4.98 Å². The van der Waals surface area contributed by atoms with Gasteiger partial charge in [0.1, 0.15) is 5.15 Å². The van der Waals surface area contributed by atoms with Crippen molar-refractivity contribution < 1.29 is 0 Å². The van der Waals surface area contributed by atoms with Crippen LogP contribution in [0.4, 0.5) is 0 Å². The molecular formula is C11H11ClN4. The third-order valence-electron chi connectivity index (χ3n) is 2.97. The Labute approximate surface area is 98.3 Å². The number of imidazole rings is 1. The van der Waals surface area contributed by atoms with Crippen LogP contribution in [-0.2, 0) is 6.42 Å². The van der Waals surface area contributed by atoms with Gasteiger partial charge in [-0.25, -0.2) is 9.97 Å². The Morgan fingerprint density at radius 2 is 2.19 bits per heavy atom. The van der Waals surface area contributed by atoms with Crippen LogP contribution in [0.25, 0.3) is 0 Å². The Morgan fingerprint density at radius 1 is 1.25 bits per heavy atom. The summed E-state index contributed by atoms with van der Waals surface area (Å²) in [5.74, 6) is 0. The molecule has 0 saturated heterocycles. The largest absolute Gasteiger partial charge is 0.325 e. The maximum Gasteiger partial charge on any atom is 0.147 e. The summed E-state index contributed by atoms with van der Waals surface area (Å²) in [5, 5.41) is 0.436. The van der Waals surface area contributed by atoms with E-state index in [1.54, 1.807) is 12.4 Å². The molecule has 1 atom stereocenters. The molecule has 82 valence electrons. The average Bonchev–Trinajstić information content (AvgIpc) is 2.78. The van der Waals surface area contributed by atoms with Crippen molar-refractivity contribution in [1.29, 1.82) is 0 Å². The highest BCUT2D eigenvalue weighted by Crippen LogP contribution is 2.28. The van der Waals surface area contributed by atoms with Crippen LogP contribution in [0.1, 0.15) is 30.3 Å². The minimum Gasteiger partial charge on any atom is -0.325 e. The van der Waals surface area contributed by atoms with E-state index in [1.165, 1.54) is 12.1 Å². The predicted molar refractivity (Wildman–Crippen MR) is 60.3 cm³/mol. The molecule has 0 radical (unpaired) electrons. The number of hydrogen-bond donors (Lipinski definition) is 0. The number of halogens is 1. The van der Waals surface area contributed by atoms with E-state index in [0.717, 1.165) is 18.5 Å². The van der Waals surface area contributed by atoms with E-state index < -0.39 is 0 Å². The van der Waals surface area contributed by atoms with E-state index in [2.05, 4.69) is 19.5 Å². The molecule has 3 rings (SSSR count). The highest BCUT2D eigenvalue weighted by Gasteiger charge is 2.22. The van der Waals surface area contributed by atoms with Gasteiger partial charge in [-0.1, -0.05) is 11.6 Å². The standard InChI is InChI=1S/C11H11ClN4/c12-11-6-14-9(5-15-11)10-3-1-2-8-4-13-7-16(8)10/h4-7,10H,1-3H2. The van der Waals surface area contributed by atoms with Crippen molar-refractivity contribution >= 4 is 11.6 Å². The first-order valence-corrected chi connectivity index (χ1v) is 5.70. The number of fused-ring (bicyclic) bond motifs is 1. The molecule has 0 fully saturated rings. The van der Waals surface area contributed by atoms with Gasteiger partial charge in [0.05, 0.1) is 30.5 Å². The van der Waals surface area contributed by atoms with E-state index in [9.17, 15) is 0 Å². The first-order chi connectivity index (χ1) is 7.84. The quantitative estimate of drug-likeness (QED) is 0.760. The molecule has 5 heteroatoms. The smallest absolute Gasteiger partial charge is 0.147 e. The molecule has 0 N–H and O–H groups in total. The maximum atomic E-state index is 5.74. The first kappa shape index (κ1) is 9.78. The van der Waals surface area contributed by atoms with Gasteiger partial charge in [-0.15, -0.1) is 0 Å². The van der Waals surface area contributed by atoms with E-state index in [1.807, 2.05) is 12.5 Å². The molecular weight excluding hydrogens is 224 g/mol. The van der Waals surface area contributed by atoms with Gasteiger partial charge >= 0.3 is 0 Å². The van der Waals surface area contributed by atoms with Crippen molar-refractivity contribution in [3.63, 3.8) is 0 Å². The molecule has 0 spiro atoms. The van der Waals surface area contributed by atoms with Crippen molar-refractivity contribution in [1.82, 2.24) is 19.5 Å². The monoisotopic (exact) mass is 234 g/mol. The van der Waals surface area contributed by atoms with Crippen LogP contribution < -0.4 is 0 Å². The van der Waals surface area contributed by atoms with E-state index in [-0.39, 0.29) is 6.04 Å². The molecule has 3 heterocycles. The summed E-state index contributed by atoms with van der Waals surface area (Å²) in [6, 6.07) is 0.260. The normalized spacial score (nSPS) is 19.4. The molecule has 2 aromatic heterocycles. The van der Waals surface area contributed by atoms with Gasteiger partial charge in [0.25, 0.3) is 0 Å². The summed E-state index contributed by atoms with van der Waals surface area (Å²) >= 11 is 5.74. The van der Waals surface area contributed by atoms with Crippen LogP contribution in [0.2, 0.25) is 5.15 Å². The lowest BCUT2D eigenvalue weighted by Gasteiger charge is -2.24. The summed E-state index contributed by atoms with van der Waals surface area (Å²) in [5.41, 5.74) is 2.23. The summed E-state index contributed by atoms with van der Waals surface area (Å²) in [6.45, 7) is 0. The molecule has 1 aliphatic heterocycles. The highest BCUT2D eigenvalue weighted by atomic mass is 35.5. The van der Waals surface area contributed by atoms with Crippen LogP contribution >= 0.6 is 11.6 Å². The van der Waals surface area contributed by atoms with Gasteiger partial charge in [-0.05, 0) is 19.3 Å². The molecule has 1 aliphatic rings. The second-order valence-corrected chi connectivity index (χ2v) is 4.35. The van der Waals surface area contributed by atoms with Gasteiger partial charge in [-0.2, -0.15) is 0 Å².